The summed E-state index contributed by atoms with van der Waals surface area (Å²) in [4.78, 5) is 11.6. The molecule has 0 aromatic carbocycles. The molecule has 1 unspecified atom stereocenters. The molecule has 190 valence electrons. The van der Waals surface area contributed by atoms with Gasteiger partial charge >= 0.3 is 12.1 Å². The number of carboxylic acid groups (broad SMARTS) is 1. The van der Waals surface area contributed by atoms with Gasteiger partial charge < -0.3 is 15.3 Å². The molecule has 4 aliphatic rings. The van der Waals surface area contributed by atoms with Crippen LogP contribution in [-0.4, -0.2) is 39.7 Å². The topological polar surface area (TPSA) is 77.8 Å². The monoisotopic (exact) mass is 474 g/mol. The number of fused-ring (bicyclic) bond motifs is 5. The van der Waals surface area contributed by atoms with Crippen LogP contribution in [0.3, 0.4) is 0 Å². The Bertz CT molecular complexity index is 742. The first-order valence-corrected chi connectivity index (χ1v) is 12.9. The quantitative estimate of drug-likeness (QED) is 0.481. The summed E-state index contributed by atoms with van der Waals surface area (Å²) in [6.45, 7) is 6.55. The normalized spacial score (nSPS) is 47.2. The van der Waals surface area contributed by atoms with Crippen LogP contribution in [-0.2, 0) is 4.79 Å². The Kier molecular flexibility index (Phi) is 6.65. The number of carboxylic acids is 1. The van der Waals surface area contributed by atoms with E-state index in [1.54, 1.807) is 0 Å². The predicted octanol–water partition coefficient (Wildman–Crippen LogP) is 5.66. The number of rotatable bonds is 5. The Balaban J connectivity index is 1.51. The second kappa shape index (κ2) is 8.69. The molecule has 0 heterocycles. The summed E-state index contributed by atoms with van der Waals surface area (Å²) in [5.74, 6) is -1.12. The molecule has 4 saturated carbocycles. The molecule has 7 heteroatoms. The van der Waals surface area contributed by atoms with Crippen molar-refractivity contribution >= 4 is 5.97 Å². The highest BCUT2D eigenvalue weighted by Crippen LogP contribution is 2.68. The Hall–Kier alpha value is -0.820. The summed E-state index contributed by atoms with van der Waals surface area (Å²) in [7, 11) is 0. The summed E-state index contributed by atoms with van der Waals surface area (Å²) in [6, 6.07) is 0. The smallest absolute Gasteiger partial charge is 0.389 e. The molecule has 4 aliphatic carbocycles. The lowest BCUT2D eigenvalue weighted by molar-refractivity contribution is -0.174. The van der Waals surface area contributed by atoms with Gasteiger partial charge in [0.1, 0.15) is 0 Å². The van der Waals surface area contributed by atoms with Crippen molar-refractivity contribution < 1.29 is 33.3 Å². The van der Waals surface area contributed by atoms with Gasteiger partial charge in [0.25, 0.3) is 0 Å². The van der Waals surface area contributed by atoms with Crippen molar-refractivity contribution in [3.8, 4) is 0 Å². The number of carbonyl (C=O) groups is 1. The van der Waals surface area contributed by atoms with Crippen molar-refractivity contribution in [2.75, 3.05) is 0 Å². The first-order valence-electron chi connectivity index (χ1n) is 12.9. The largest absolute Gasteiger partial charge is 0.481 e. The number of halogens is 3. The van der Waals surface area contributed by atoms with Crippen molar-refractivity contribution in [3.63, 3.8) is 0 Å². The van der Waals surface area contributed by atoms with Gasteiger partial charge in [-0.15, -0.1) is 0 Å². The second-order valence-electron chi connectivity index (χ2n) is 12.5. The minimum Gasteiger partial charge on any atom is -0.481 e. The van der Waals surface area contributed by atoms with Crippen LogP contribution in [0.1, 0.15) is 85.0 Å². The third kappa shape index (κ3) is 4.46. The van der Waals surface area contributed by atoms with Crippen LogP contribution < -0.4 is 0 Å². The molecule has 0 aromatic heterocycles. The fraction of sp³-hybridized carbons (Fsp3) is 0.962. The number of aliphatic hydroxyl groups excluding tert-OH is 2. The van der Waals surface area contributed by atoms with Crippen molar-refractivity contribution in [3.05, 3.63) is 0 Å². The molecule has 4 fully saturated rings. The van der Waals surface area contributed by atoms with E-state index >= 15 is 0 Å². The summed E-state index contributed by atoms with van der Waals surface area (Å²) in [5.41, 5.74) is 0.0205. The molecule has 4 rings (SSSR count). The molecule has 0 aliphatic heterocycles. The van der Waals surface area contributed by atoms with E-state index < -0.39 is 30.6 Å². The number of hydrogen-bond acceptors (Lipinski definition) is 3. The molecule has 0 saturated heterocycles. The van der Waals surface area contributed by atoms with Crippen LogP contribution in [0.25, 0.3) is 0 Å². The molecule has 0 bridgehead atoms. The summed E-state index contributed by atoms with van der Waals surface area (Å²) in [5, 5.41) is 30.8. The van der Waals surface area contributed by atoms with Gasteiger partial charge in [-0.2, -0.15) is 13.2 Å². The highest BCUT2D eigenvalue weighted by molar-refractivity contribution is 5.70. The van der Waals surface area contributed by atoms with Crippen LogP contribution in [0.4, 0.5) is 13.2 Å². The van der Waals surface area contributed by atoms with Crippen LogP contribution in [0.2, 0.25) is 0 Å². The van der Waals surface area contributed by atoms with E-state index in [4.69, 9.17) is 0 Å². The van der Waals surface area contributed by atoms with Crippen LogP contribution in [0, 0.1) is 52.3 Å². The Morgan fingerprint density at radius 3 is 2.24 bits per heavy atom. The minimum absolute atomic E-state index is 0.0149. The third-order valence-corrected chi connectivity index (χ3v) is 10.9. The van der Waals surface area contributed by atoms with Gasteiger partial charge in [0.05, 0.1) is 24.5 Å². The van der Waals surface area contributed by atoms with Gasteiger partial charge in [0, 0.05) is 0 Å². The summed E-state index contributed by atoms with van der Waals surface area (Å²) < 4.78 is 38.9. The Morgan fingerprint density at radius 2 is 1.61 bits per heavy atom. The van der Waals surface area contributed by atoms with Crippen LogP contribution in [0.15, 0.2) is 0 Å². The van der Waals surface area contributed by atoms with Gasteiger partial charge in [-0.25, -0.2) is 0 Å². The molecule has 3 N–H and O–H groups in total. The predicted molar refractivity (Wildman–Crippen MR) is 118 cm³/mol. The molecule has 11 atom stereocenters. The van der Waals surface area contributed by atoms with Gasteiger partial charge in [-0.3, -0.25) is 4.79 Å². The van der Waals surface area contributed by atoms with E-state index in [1.165, 1.54) is 0 Å². The lowest BCUT2D eigenvalue weighted by Crippen LogP contribution is -2.58. The van der Waals surface area contributed by atoms with E-state index in [1.807, 2.05) is 6.92 Å². The van der Waals surface area contributed by atoms with E-state index in [0.717, 1.165) is 44.9 Å². The maximum atomic E-state index is 13.0. The average Bonchev–Trinajstić information content (AvgIpc) is 3.05. The van der Waals surface area contributed by atoms with E-state index in [9.17, 15) is 33.3 Å². The lowest BCUT2D eigenvalue weighted by atomic mass is 9.43. The van der Waals surface area contributed by atoms with E-state index in [0.29, 0.717) is 24.2 Å². The highest BCUT2D eigenvalue weighted by atomic mass is 19.4. The zero-order chi connectivity index (χ0) is 24.3. The number of aliphatic hydroxyl groups is 2. The Labute approximate surface area is 195 Å². The third-order valence-electron chi connectivity index (χ3n) is 10.9. The van der Waals surface area contributed by atoms with Gasteiger partial charge in [0.15, 0.2) is 0 Å². The fourth-order valence-electron chi connectivity index (χ4n) is 9.42. The van der Waals surface area contributed by atoms with Crippen LogP contribution in [0.5, 0.6) is 0 Å². The molecular weight excluding hydrogens is 433 g/mol. The molecule has 0 aromatic rings. The summed E-state index contributed by atoms with van der Waals surface area (Å²) >= 11 is 0. The van der Waals surface area contributed by atoms with Gasteiger partial charge in [0.2, 0.25) is 0 Å². The lowest BCUT2D eigenvalue weighted by Gasteiger charge is -2.62. The molecule has 0 spiro atoms. The second-order valence-corrected chi connectivity index (χ2v) is 12.5. The maximum Gasteiger partial charge on any atom is 0.389 e. The Morgan fingerprint density at radius 1 is 0.970 bits per heavy atom. The average molecular weight is 475 g/mol. The van der Waals surface area contributed by atoms with E-state index in [2.05, 4.69) is 13.8 Å². The molecular formula is C26H41F3O4. The standard InChI is InChI=1S/C26H41F3O4/c1-14(10-15(23(32)33)13-26(27,28)29)18-4-5-19-17-12-22(31)21-11-16(30)6-8-25(21,3)20(17)7-9-24(18,19)2/h14-22,30-31H,4-13H2,1-3H3,(H,32,33)/t14-,15?,16-,17+,18-,19+,20+,21+,22+,24-,25-/m1/s1. The summed E-state index contributed by atoms with van der Waals surface area (Å²) in [6.07, 6.45) is 0.791. The van der Waals surface area contributed by atoms with Crippen molar-refractivity contribution in [2.24, 2.45) is 52.3 Å². The molecule has 0 amide bonds. The molecule has 33 heavy (non-hydrogen) atoms. The minimum atomic E-state index is -4.47. The fourth-order valence-corrected chi connectivity index (χ4v) is 9.42. The first kappa shape index (κ1) is 25.3. The van der Waals surface area contributed by atoms with Gasteiger partial charge in [-0.05, 0) is 104 Å². The SMILES string of the molecule is C[C@H](CC(CC(F)(F)F)C(=O)O)[C@H]1CC[C@H]2[C@@H]3C[C@H](O)[C@@H]4C[C@H](O)CC[C@]4(C)[C@H]3CC[C@]12C. The van der Waals surface area contributed by atoms with Crippen molar-refractivity contribution in [1.82, 2.24) is 0 Å². The van der Waals surface area contributed by atoms with Crippen LogP contribution >= 0.6 is 0 Å². The highest BCUT2D eigenvalue weighted by Gasteiger charge is 2.62. The zero-order valence-electron chi connectivity index (χ0n) is 20.2. The van der Waals surface area contributed by atoms with Crippen molar-refractivity contribution in [2.45, 2.75) is 103 Å². The number of alkyl halides is 3. The first-order chi connectivity index (χ1) is 15.3. The zero-order valence-corrected chi connectivity index (χ0v) is 20.2. The van der Waals surface area contributed by atoms with E-state index in [-0.39, 0.29) is 41.1 Å². The number of aliphatic carboxylic acids is 1. The van der Waals surface area contributed by atoms with Gasteiger partial charge in [-0.1, -0.05) is 20.8 Å². The molecule has 0 radical (unpaired) electrons. The molecule has 4 nitrogen and oxygen atoms in total. The number of hydrogen-bond donors (Lipinski definition) is 3. The maximum absolute atomic E-state index is 13.0. The van der Waals surface area contributed by atoms with Crippen molar-refractivity contribution in [1.29, 1.82) is 0 Å².